The third-order valence-electron chi connectivity index (χ3n) is 5.50. The molecule has 0 spiro atoms. The van der Waals surface area contributed by atoms with Crippen molar-refractivity contribution < 1.29 is 4.79 Å². The van der Waals surface area contributed by atoms with Crippen LogP contribution in [-0.2, 0) is 0 Å². The smallest absolute Gasteiger partial charge is 0.272 e. The summed E-state index contributed by atoms with van der Waals surface area (Å²) in [5, 5.41) is 3.46. The minimum Gasteiger partial charge on any atom is -0.385 e. The van der Waals surface area contributed by atoms with E-state index in [0.29, 0.717) is 11.7 Å². The van der Waals surface area contributed by atoms with Crippen LogP contribution in [0.25, 0.3) is 0 Å². The van der Waals surface area contributed by atoms with Gasteiger partial charge in [0.25, 0.3) is 5.91 Å². The highest BCUT2D eigenvalue weighted by Crippen LogP contribution is 2.23. The van der Waals surface area contributed by atoms with Crippen LogP contribution < -0.4 is 5.32 Å². The highest BCUT2D eigenvalue weighted by atomic mass is 16.2. The maximum atomic E-state index is 12.9. The molecule has 1 aromatic rings. The van der Waals surface area contributed by atoms with E-state index in [1.807, 2.05) is 17.0 Å². The molecule has 1 saturated heterocycles. The van der Waals surface area contributed by atoms with Crippen molar-refractivity contribution in [1.29, 1.82) is 0 Å². The van der Waals surface area contributed by atoms with E-state index < -0.39 is 0 Å². The van der Waals surface area contributed by atoms with Crippen LogP contribution in [0.5, 0.6) is 0 Å². The topological polar surface area (TPSA) is 45.2 Å². The highest BCUT2D eigenvalue weighted by Gasteiger charge is 2.26. The Hall–Kier alpha value is -1.84. The molecule has 1 N–H and O–H groups in total. The van der Waals surface area contributed by atoms with Gasteiger partial charge in [-0.1, -0.05) is 18.6 Å². The SMILES string of the molecule is CCC1CCCCN1C(=O)c1cc(NCCC2=CCCCC2)ccn1. The molecular weight excluding hydrogens is 310 g/mol. The molecule has 0 bridgehead atoms. The number of allylic oxidation sites excluding steroid dienone is 1. The summed E-state index contributed by atoms with van der Waals surface area (Å²) < 4.78 is 0. The first kappa shape index (κ1) is 18.0. The van der Waals surface area contributed by atoms with Crippen LogP contribution in [0.2, 0.25) is 0 Å². The van der Waals surface area contributed by atoms with Crippen LogP contribution >= 0.6 is 0 Å². The number of hydrogen-bond donors (Lipinski definition) is 1. The Morgan fingerprint density at radius 2 is 2.24 bits per heavy atom. The first-order valence-corrected chi connectivity index (χ1v) is 9.96. The molecule has 0 radical (unpaired) electrons. The van der Waals surface area contributed by atoms with Gasteiger partial charge in [-0.25, -0.2) is 0 Å². The van der Waals surface area contributed by atoms with E-state index in [1.165, 1.54) is 32.1 Å². The first-order valence-electron chi connectivity index (χ1n) is 9.96. The second kappa shape index (κ2) is 9.02. The molecule has 2 aliphatic rings. The van der Waals surface area contributed by atoms with Gasteiger partial charge in [0, 0.05) is 31.0 Å². The van der Waals surface area contributed by atoms with Crippen molar-refractivity contribution in [3.63, 3.8) is 0 Å². The number of nitrogens with one attached hydrogen (secondary N) is 1. The lowest BCUT2D eigenvalue weighted by molar-refractivity contribution is 0.0602. The molecule has 136 valence electrons. The van der Waals surface area contributed by atoms with Crippen molar-refractivity contribution in [3.05, 3.63) is 35.7 Å². The predicted molar refractivity (Wildman–Crippen MR) is 103 cm³/mol. The lowest BCUT2D eigenvalue weighted by Crippen LogP contribution is -2.43. The molecule has 1 aliphatic heterocycles. The minimum absolute atomic E-state index is 0.0881. The number of anilines is 1. The fourth-order valence-electron chi connectivity index (χ4n) is 4.00. The summed E-state index contributed by atoms with van der Waals surface area (Å²) in [5.41, 5.74) is 3.14. The van der Waals surface area contributed by atoms with Crippen LogP contribution in [0.15, 0.2) is 30.0 Å². The molecule has 4 nitrogen and oxygen atoms in total. The molecule has 25 heavy (non-hydrogen) atoms. The summed E-state index contributed by atoms with van der Waals surface area (Å²) in [5.74, 6) is 0.0881. The number of piperidine rings is 1. The van der Waals surface area contributed by atoms with Gasteiger partial charge in [-0.2, -0.15) is 0 Å². The van der Waals surface area contributed by atoms with Crippen LogP contribution in [0.1, 0.15) is 75.2 Å². The molecule has 2 heterocycles. The Kier molecular flexibility index (Phi) is 6.48. The maximum Gasteiger partial charge on any atom is 0.272 e. The fourth-order valence-corrected chi connectivity index (χ4v) is 4.00. The van der Waals surface area contributed by atoms with Crippen molar-refractivity contribution in [2.45, 2.75) is 70.8 Å². The quantitative estimate of drug-likeness (QED) is 0.757. The zero-order chi connectivity index (χ0) is 17.5. The Morgan fingerprint density at radius 3 is 3.04 bits per heavy atom. The van der Waals surface area contributed by atoms with Gasteiger partial charge >= 0.3 is 0 Å². The second-order valence-corrected chi connectivity index (χ2v) is 7.27. The largest absolute Gasteiger partial charge is 0.385 e. The normalized spacial score (nSPS) is 20.9. The summed E-state index contributed by atoms with van der Waals surface area (Å²) in [6.07, 6.45) is 14.9. The average Bonchev–Trinajstić information content (AvgIpc) is 2.68. The van der Waals surface area contributed by atoms with Crippen LogP contribution in [0.3, 0.4) is 0 Å². The van der Waals surface area contributed by atoms with Crippen molar-refractivity contribution >= 4 is 11.6 Å². The number of pyridine rings is 1. The number of amides is 1. The summed E-state index contributed by atoms with van der Waals surface area (Å²) in [4.78, 5) is 19.2. The molecule has 1 amide bonds. The number of hydrogen-bond acceptors (Lipinski definition) is 3. The number of rotatable bonds is 6. The Morgan fingerprint density at radius 1 is 1.32 bits per heavy atom. The van der Waals surface area contributed by atoms with Gasteiger partial charge in [0.2, 0.25) is 0 Å². The molecule has 0 aromatic carbocycles. The van der Waals surface area contributed by atoms with Gasteiger partial charge in [-0.15, -0.1) is 0 Å². The fraction of sp³-hybridized carbons (Fsp3) is 0.619. The van der Waals surface area contributed by atoms with Crippen molar-refractivity contribution in [2.24, 2.45) is 0 Å². The summed E-state index contributed by atoms with van der Waals surface area (Å²) in [6.45, 7) is 3.96. The van der Waals surface area contributed by atoms with Crippen molar-refractivity contribution in [2.75, 3.05) is 18.4 Å². The van der Waals surface area contributed by atoms with E-state index in [4.69, 9.17) is 0 Å². The lowest BCUT2D eigenvalue weighted by Gasteiger charge is -2.35. The van der Waals surface area contributed by atoms with Crippen LogP contribution in [-0.4, -0.2) is 34.9 Å². The van der Waals surface area contributed by atoms with E-state index in [0.717, 1.165) is 44.5 Å². The molecule has 1 fully saturated rings. The summed E-state index contributed by atoms with van der Waals surface area (Å²) >= 11 is 0. The van der Waals surface area contributed by atoms with E-state index >= 15 is 0 Å². The third-order valence-corrected chi connectivity index (χ3v) is 5.50. The van der Waals surface area contributed by atoms with E-state index in [2.05, 4.69) is 23.3 Å². The van der Waals surface area contributed by atoms with Gasteiger partial charge in [0.05, 0.1) is 0 Å². The van der Waals surface area contributed by atoms with Crippen molar-refractivity contribution in [3.8, 4) is 0 Å². The van der Waals surface area contributed by atoms with E-state index in [-0.39, 0.29) is 5.91 Å². The average molecular weight is 341 g/mol. The number of carbonyl (C=O) groups excluding carboxylic acids is 1. The molecule has 3 rings (SSSR count). The zero-order valence-corrected chi connectivity index (χ0v) is 15.5. The molecule has 1 unspecified atom stereocenters. The Balaban J connectivity index is 1.58. The van der Waals surface area contributed by atoms with Crippen LogP contribution in [0.4, 0.5) is 5.69 Å². The van der Waals surface area contributed by atoms with Gasteiger partial charge in [-0.3, -0.25) is 9.78 Å². The number of likely N-dealkylation sites (tertiary alicyclic amines) is 1. The number of carbonyl (C=O) groups is 1. The van der Waals surface area contributed by atoms with Gasteiger partial charge in [-0.05, 0) is 69.9 Å². The molecule has 4 heteroatoms. The van der Waals surface area contributed by atoms with Gasteiger partial charge in [0.1, 0.15) is 5.69 Å². The maximum absolute atomic E-state index is 12.9. The van der Waals surface area contributed by atoms with Crippen molar-refractivity contribution in [1.82, 2.24) is 9.88 Å². The Labute approximate surface area is 151 Å². The number of aromatic nitrogens is 1. The second-order valence-electron chi connectivity index (χ2n) is 7.27. The third kappa shape index (κ3) is 4.83. The van der Waals surface area contributed by atoms with E-state index in [9.17, 15) is 4.79 Å². The van der Waals surface area contributed by atoms with Gasteiger partial charge < -0.3 is 10.2 Å². The molecule has 0 saturated carbocycles. The molecule has 1 aliphatic carbocycles. The molecular formula is C21H31N3O. The first-order chi connectivity index (χ1) is 12.3. The van der Waals surface area contributed by atoms with Gasteiger partial charge in [0.15, 0.2) is 0 Å². The summed E-state index contributed by atoms with van der Waals surface area (Å²) in [6, 6.07) is 4.25. The monoisotopic (exact) mass is 341 g/mol. The lowest BCUT2D eigenvalue weighted by atomic mass is 9.97. The standard InChI is InChI=1S/C21H31N3O/c1-2-19-10-6-7-15-24(19)21(25)20-16-18(12-14-23-20)22-13-11-17-8-4-3-5-9-17/h8,12,14,16,19H,2-7,9-11,13,15H2,1H3,(H,22,23). The summed E-state index contributed by atoms with van der Waals surface area (Å²) in [7, 11) is 0. The molecule has 1 atom stereocenters. The highest BCUT2D eigenvalue weighted by molar-refractivity contribution is 5.93. The van der Waals surface area contributed by atoms with Crippen LogP contribution in [0, 0.1) is 0 Å². The predicted octanol–water partition coefficient (Wildman–Crippen LogP) is 4.79. The number of nitrogens with zero attached hydrogens (tertiary/aromatic N) is 2. The zero-order valence-electron chi connectivity index (χ0n) is 15.5. The van der Waals surface area contributed by atoms with E-state index in [1.54, 1.807) is 11.8 Å². The molecule has 1 aromatic heterocycles. The Bertz CT molecular complexity index is 611. The minimum atomic E-state index is 0.0881.